The number of benzene rings is 1. The average Bonchev–Trinajstić information content (AvgIpc) is 2.48. The SMILES string of the molecule is CC.O=C1Cc2ccccc2S1. The summed E-state index contributed by atoms with van der Waals surface area (Å²) in [5, 5.41) is 0.265. The second-order valence-electron chi connectivity index (χ2n) is 2.26. The third kappa shape index (κ3) is 1.89. The first-order valence-electron chi connectivity index (χ1n) is 4.15. The van der Waals surface area contributed by atoms with E-state index in [-0.39, 0.29) is 5.12 Å². The summed E-state index contributed by atoms with van der Waals surface area (Å²) in [6.45, 7) is 4.00. The molecule has 0 aromatic heterocycles. The van der Waals surface area contributed by atoms with Gasteiger partial charge in [0.15, 0.2) is 5.12 Å². The highest BCUT2D eigenvalue weighted by atomic mass is 32.2. The highest BCUT2D eigenvalue weighted by Gasteiger charge is 2.17. The Morgan fingerprint density at radius 2 is 1.92 bits per heavy atom. The molecule has 2 heteroatoms. The number of rotatable bonds is 0. The van der Waals surface area contributed by atoms with Crippen LogP contribution in [0.3, 0.4) is 0 Å². The largest absolute Gasteiger partial charge is 0.286 e. The maximum Gasteiger partial charge on any atom is 0.198 e. The molecule has 64 valence electrons. The van der Waals surface area contributed by atoms with Crippen molar-refractivity contribution >= 4 is 16.9 Å². The molecule has 12 heavy (non-hydrogen) atoms. The standard InChI is InChI=1S/C8H6OS.C2H6/c9-8-5-6-3-1-2-4-7(6)10-8;1-2/h1-4H,5H2;1-2H3. The van der Waals surface area contributed by atoms with Crippen LogP contribution >= 0.6 is 11.8 Å². The minimum atomic E-state index is 0.265. The first kappa shape index (κ1) is 9.33. The van der Waals surface area contributed by atoms with E-state index in [9.17, 15) is 4.79 Å². The van der Waals surface area contributed by atoms with Gasteiger partial charge in [0.1, 0.15) is 0 Å². The second kappa shape index (κ2) is 4.31. The molecule has 0 radical (unpaired) electrons. The maximum atomic E-state index is 10.9. The van der Waals surface area contributed by atoms with Crippen LogP contribution in [0.25, 0.3) is 0 Å². The summed E-state index contributed by atoms with van der Waals surface area (Å²) in [6, 6.07) is 7.93. The van der Waals surface area contributed by atoms with Crippen molar-refractivity contribution in [2.45, 2.75) is 25.2 Å². The van der Waals surface area contributed by atoms with E-state index in [2.05, 4.69) is 0 Å². The van der Waals surface area contributed by atoms with E-state index in [4.69, 9.17) is 0 Å². The number of carbonyl (C=O) groups excluding carboxylic acids is 1. The molecular weight excluding hydrogens is 168 g/mol. The van der Waals surface area contributed by atoms with E-state index >= 15 is 0 Å². The summed E-state index contributed by atoms with van der Waals surface area (Å²) in [6.07, 6.45) is 0.612. The van der Waals surface area contributed by atoms with Gasteiger partial charge < -0.3 is 0 Å². The fourth-order valence-corrected chi connectivity index (χ4v) is 1.95. The average molecular weight is 180 g/mol. The van der Waals surface area contributed by atoms with E-state index in [1.54, 1.807) is 0 Å². The number of fused-ring (bicyclic) bond motifs is 1. The van der Waals surface area contributed by atoms with E-state index < -0.39 is 0 Å². The molecule has 2 rings (SSSR count). The van der Waals surface area contributed by atoms with Crippen LogP contribution in [0.2, 0.25) is 0 Å². The molecule has 0 saturated carbocycles. The molecule has 0 fully saturated rings. The lowest BCUT2D eigenvalue weighted by Gasteiger charge is -1.90. The molecule has 1 aromatic rings. The number of hydrogen-bond acceptors (Lipinski definition) is 2. The van der Waals surface area contributed by atoms with Crippen molar-refractivity contribution in [2.24, 2.45) is 0 Å². The highest BCUT2D eigenvalue weighted by Crippen LogP contribution is 2.31. The Morgan fingerprint density at radius 1 is 1.25 bits per heavy atom. The van der Waals surface area contributed by atoms with Gasteiger partial charge >= 0.3 is 0 Å². The number of carbonyl (C=O) groups is 1. The normalized spacial score (nSPS) is 13.3. The monoisotopic (exact) mass is 180 g/mol. The molecule has 0 atom stereocenters. The lowest BCUT2D eigenvalue weighted by molar-refractivity contribution is -0.110. The molecule has 0 amide bonds. The van der Waals surface area contributed by atoms with Gasteiger partial charge in [-0.25, -0.2) is 0 Å². The van der Waals surface area contributed by atoms with Crippen LogP contribution in [0.1, 0.15) is 19.4 Å². The van der Waals surface area contributed by atoms with Gasteiger partial charge in [-0.15, -0.1) is 0 Å². The van der Waals surface area contributed by atoms with Crippen molar-refractivity contribution in [1.29, 1.82) is 0 Å². The Labute approximate surface area is 77.2 Å². The summed E-state index contributed by atoms with van der Waals surface area (Å²) in [7, 11) is 0. The van der Waals surface area contributed by atoms with E-state index in [1.807, 2.05) is 38.1 Å². The molecule has 0 unspecified atom stereocenters. The van der Waals surface area contributed by atoms with Crippen molar-refractivity contribution < 1.29 is 4.79 Å². The number of thioether (sulfide) groups is 1. The highest BCUT2D eigenvalue weighted by molar-refractivity contribution is 8.14. The molecule has 0 saturated heterocycles. The van der Waals surface area contributed by atoms with Gasteiger partial charge in [-0.3, -0.25) is 4.79 Å². The summed E-state index contributed by atoms with van der Waals surface area (Å²) in [5.74, 6) is 0. The van der Waals surface area contributed by atoms with Crippen LogP contribution in [0, 0.1) is 0 Å². The molecule has 1 nitrogen and oxygen atoms in total. The third-order valence-electron chi connectivity index (χ3n) is 1.53. The zero-order chi connectivity index (χ0) is 8.97. The molecule has 1 aromatic carbocycles. The lowest BCUT2D eigenvalue weighted by atomic mass is 10.2. The third-order valence-corrected chi connectivity index (χ3v) is 2.52. The Hall–Kier alpha value is -0.760. The Bertz CT molecular complexity index is 254. The first-order chi connectivity index (χ1) is 5.86. The summed E-state index contributed by atoms with van der Waals surface area (Å²) in [4.78, 5) is 12.0. The van der Waals surface area contributed by atoms with Crippen molar-refractivity contribution in [3.8, 4) is 0 Å². The zero-order valence-corrected chi connectivity index (χ0v) is 8.15. The molecule has 1 aliphatic rings. The minimum absolute atomic E-state index is 0.265. The summed E-state index contributed by atoms with van der Waals surface area (Å²) >= 11 is 1.35. The molecular formula is C10H12OS. The van der Waals surface area contributed by atoms with Crippen LogP contribution in [-0.2, 0) is 11.2 Å². The van der Waals surface area contributed by atoms with Gasteiger partial charge in [0.25, 0.3) is 0 Å². The molecule has 1 aliphatic heterocycles. The molecule has 1 heterocycles. The van der Waals surface area contributed by atoms with Crippen LogP contribution in [0.4, 0.5) is 0 Å². The maximum absolute atomic E-state index is 10.9. The van der Waals surface area contributed by atoms with Crippen molar-refractivity contribution in [3.63, 3.8) is 0 Å². The first-order valence-corrected chi connectivity index (χ1v) is 4.96. The van der Waals surface area contributed by atoms with E-state index in [0.29, 0.717) is 6.42 Å². The van der Waals surface area contributed by atoms with E-state index in [0.717, 1.165) is 4.90 Å². The van der Waals surface area contributed by atoms with Crippen LogP contribution < -0.4 is 0 Å². The van der Waals surface area contributed by atoms with Gasteiger partial charge in [-0.1, -0.05) is 43.8 Å². The lowest BCUT2D eigenvalue weighted by Crippen LogP contribution is -1.85. The fourth-order valence-electron chi connectivity index (χ4n) is 1.06. The second-order valence-corrected chi connectivity index (χ2v) is 3.36. The molecule has 0 N–H and O–H groups in total. The Balaban J connectivity index is 0.000000336. The van der Waals surface area contributed by atoms with Gasteiger partial charge in [0, 0.05) is 11.3 Å². The topological polar surface area (TPSA) is 17.1 Å². The molecule has 0 bridgehead atoms. The Morgan fingerprint density at radius 3 is 2.58 bits per heavy atom. The molecule has 0 aliphatic carbocycles. The van der Waals surface area contributed by atoms with Gasteiger partial charge in [0.2, 0.25) is 0 Å². The fraction of sp³-hybridized carbons (Fsp3) is 0.300. The van der Waals surface area contributed by atoms with Gasteiger partial charge in [0.05, 0.1) is 0 Å². The van der Waals surface area contributed by atoms with Crippen molar-refractivity contribution in [1.82, 2.24) is 0 Å². The Kier molecular flexibility index (Phi) is 3.35. The quantitative estimate of drug-likeness (QED) is 0.610. The van der Waals surface area contributed by atoms with Crippen LogP contribution in [0.15, 0.2) is 29.2 Å². The smallest absolute Gasteiger partial charge is 0.198 e. The van der Waals surface area contributed by atoms with Gasteiger partial charge in [-0.05, 0) is 11.6 Å². The van der Waals surface area contributed by atoms with Gasteiger partial charge in [-0.2, -0.15) is 0 Å². The predicted molar refractivity (Wildman–Crippen MR) is 52.4 cm³/mol. The van der Waals surface area contributed by atoms with E-state index in [1.165, 1.54) is 17.3 Å². The van der Waals surface area contributed by atoms with Crippen LogP contribution in [0.5, 0.6) is 0 Å². The van der Waals surface area contributed by atoms with Crippen LogP contribution in [-0.4, -0.2) is 5.12 Å². The molecule has 0 spiro atoms. The zero-order valence-electron chi connectivity index (χ0n) is 7.33. The summed E-state index contributed by atoms with van der Waals surface area (Å²) in [5.41, 5.74) is 1.18. The summed E-state index contributed by atoms with van der Waals surface area (Å²) < 4.78 is 0. The number of hydrogen-bond donors (Lipinski definition) is 0. The van der Waals surface area contributed by atoms with Crippen molar-refractivity contribution in [2.75, 3.05) is 0 Å². The van der Waals surface area contributed by atoms with Crippen molar-refractivity contribution in [3.05, 3.63) is 29.8 Å². The minimum Gasteiger partial charge on any atom is -0.286 e. The predicted octanol–water partition coefficient (Wildman–Crippen LogP) is 2.89.